The third kappa shape index (κ3) is 3.20. The lowest BCUT2D eigenvalue weighted by Gasteiger charge is -2.31. The second kappa shape index (κ2) is 6.46. The molecule has 0 N–H and O–H groups in total. The second-order valence-corrected chi connectivity index (χ2v) is 6.00. The predicted molar refractivity (Wildman–Crippen MR) is 79.5 cm³/mol. The van der Waals surface area contributed by atoms with Gasteiger partial charge in [0.1, 0.15) is 6.10 Å². The van der Waals surface area contributed by atoms with Crippen molar-refractivity contribution in [3.8, 4) is 0 Å². The Kier molecular flexibility index (Phi) is 4.86. The molecule has 1 saturated heterocycles. The summed E-state index contributed by atoms with van der Waals surface area (Å²) in [5.41, 5.74) is 3.46. The topological polar surface area (TPSA) is 52.6 Å². The Labute approximate surface area is 126 Å². The highest BCUT2D eigenvalue weighted by Gasteiger charge is 2.46. The standard InChI is InChI=1S/C17H24O4/c1-5-20-15(18)9-8-14-12(10(2)3)6-7-13-11(4)17(19)21-16(13)14/h8,11,13,16H,5-7,9H2,1-4H3. The zero-order valence-electron chi connectivity index (χ0n) is 13.3. The van der Waals surface area contributed by atoms with E-state index >= 15 is 0 Å². The van der Waals surface area contributed by atoms with Crippen LogP contribution in [0.25, 0.3) is 0 Å². The van der Waals surface area contributed by atoms with E-state index in [0.29, 0.717) is 6.61 Å². The Bertz CT molecular complexity index is 497. The first-order valence-corrected chi connectivity index (χ1v) is 7.68. The van der Waals surface area contributed by atoms with E-state index < -0.39 is 0 Å². The third-order valence-corrected chi connectivity index (χ3v) is 4.43. The van der Waals surface area contributed by atoms with E-state index in [1.807, 2.05) is 13.0 Å². The molecule has 21 heavy (non-hydrogen) atoms. The number of hydrogen-bond donors (Lipinski definition) is 0. The molecule has 1 aliphatic carbocycles. The first kappa shape index (κ1) is 15.8. The molecule has 2 fully saturated rings. The summed E-state index contributed by atoms with van der Waals surface area (Å²) in [6, 6.07) is 0. The normalized spacial score (nSPS) is 30.1. The van der Waals surface area contributed by atoms with E-state index in [2.05, 4.69) is 13.8 Å². The molecule has 116 valence electrons. The molecule has 3 unspecified atom stereocenters. The maximum Gasteiger partial charge on any atom is 0.309 e. The molecule has 0 aromatic rings. The number of rotatable bonds is 3. The predicted octanol–water partition coefficient (Wildman–Crippen LogP) is 3.17. The fourth-order valence-corrected chi connectivity index (χ4v) is 3.27. The van der Waals surface area contributed by atoms with Crippen molar-refractivity contribution in [3.05, 3.63) is 22.8 Å². The van der Waals surface area contributed by atoms with Gasteiger partial charge in [0.2, 0.25) is 0 Å². The maximum atomic E-state index is 11.8. The van der Waals surface area contributed by atoms with E-state index in [-0.39, 0.29) is 36.3 Å². The smallest absolute Gasteiger partial charge is 0.309 e. The molecule has 2 aliphatic rings. The lowest BCUT2D eigenvalue weighted by molar-refractivity contribution is -0.143. The average molecular weight is 292 g/mol. The van der Waals surface area contributed by atoms with Crippen LogP contribution in [0.4, 0.5) is 0 Å². The zero-order chi connectivity index (χ0) is 15.6. The molecule has 1 aliphatic heterocycles. The van der Waals surface area contributed by atoms with Gasteiger partial charge in [-0.1, -0.05) is 18.6 Å². The average Bonchev–Trinajstić information content (AvgIpc) is 2.72. The fourth-order valence-electron chi connectivity index (χ4n) is 3.27. The summed E-state index contributed by atoms with van der Waals surface area (Å²) in [5, 5.41) is 0. The van der Waals surface area contributed by atoms with Crippen molar-refractivity contribution >= 4 is 11.9 Å². The fraction of sp³-hybridized carbons (Fsp3) is 0.647. The van der Waals surface area contributed by atoms with Crippen LogP contribution in [-0.4, -0.2) is 24.6 Å². The van der Waals surface area contributed by atoms with Crippen molar-refractivity contribution in [1.82, 2.24) is 0 Å². The van der Waals surface area contributed by atoms with Gasteiger partial charge in [-0.15, -0.1) is 0 Å². The molecular formula is C17H24O4. The van der Waals surface area contributed by atoms with Crippen LogP contribution in [0, 0.1) is 11.8 Å². The summed E-state index contributed by atoms with van der Waals surface area (Å²) in [6.45, 7) is 8.24. The number of allylic oxidation sites excluding steroid dienone is 1. The molecule has 0 radical (unpaired) electrons. The number of ether oxygens (including phenoxy) is 2. The van der Waals surface area contributed by atoms with Crippen molar-refractivity contribution in [1.29, 1.82) is 0 Å². The van der Waals surface area contributed by atoms with Gasteiger partial charge in [-0.3, -0.25) is 9.59 Å². The van der Waals surface area contributed by atoms with Crippen molar-refractivity contribution in [3.63, 3.8) is 0 Å². The molecule has 4 heteroatoms. The minimum absolute atomic E-state index is 0.0558. The Balaban J connectivity index is 2.27. The lowest BCUT2D eigenvalue weighted by Crippen LogP contribution is -2.28. The van der Waals surface area contributed by atoms with E-state index in [1.54, 1.807) is 6.92 Å². The van der Waals surface area contributed by atoms with Gasteiger partial charge in [0.25, 0.3) is 0 Å². The van der Waals surface area contributed by atoms with E-state index in [1.165, 1.54) is 11.1 Å². The largest absolute Gasteiger partial charge is 0.466 e. The van der Waals surface area contributed by atoms with Crippen molar-refractivity contribution in [2.45, 2.75) is 53.1 Å². The quantitative estimate of drug-likeness (QED) is 0.750. The van der Waals surface area contributed by atoms with Gasteiger partial charge in [-0.2, -0.15) is 0 Å². The maximum absolute atomic E-state index is 11.8. The lowest BCUT2D eigenvalue weighted by atomic mass is 9.74. The highest BCUT2D eigenvalue weighted by Crippen LogP contribution is 2.44. The van der Waals surface area contributed by atoms with E-state index in [4.69, 9.17) is 9.47 Å². The Hall–Kier alpha value is -1.58. The van der Waals surface area contributed by atoms with Crippen LogP contribution in [0.5, 0.6) is 0 Å². The molecular weight excluding hydrogens is 268 g/mol. The Morgan fingerprint density at radius 3 is 2.76 bits per heavy atom. The zero-order valence-corrected chi connectivity index (χ0v) is 13.3. The summed E-state index contributed by atoms with van der Waals surface area (Å²) in [4.78, 5) is 23.4. The molecule has 0 aromatic heterocycles. The second-order valence-electron chi connectivity index (χ2n) is 6.00. The molecule has 1 heterocycles. The monoisotopic (exact) mass is 292 g/mol. The first-order chi connectivity index (χ1) is 9.95. The SMILES string of the molecule is CCOC(=O)CC=C1C(=C(C)C)CCC2C(C)C(=O)OC12. The Morgan fingerprint density at radius 2 is 2.14 bits per heavy atom. The van der Waals surface area contributed by atoms with Gasteiger partial charge >= 0.3 is 11.9 Å². The number of esters is 2. The summed E-state index contributed by atoms with van der Waals surface area (Å²) < 4.78 is 10.5. The van der Waals surface area contributed by atoms with E-state index in [9.17, 15) is 9.59 Å². The van der Waals surface area contributed by atoms with Crippen molar-refractivity contribution < 1.29 is 19.1 Å². The van der Waals surface area contributed by atoms with Crippen LogP contribution in [0.1, 0.15) is 47.0 Å². The number of fused-ring (bicyclic) bond motifs is 1. The molecule has 3 atom stereocenters. The molecule has 1 saturated carbocycles. The molecule has 0 bridgehead atoms. The van der Waals surface area contributed by atoms with Crippen molar-refractivity contribution in [2.24, 2.45) is 11.8 Å². The van der Waals surface area contributed by atoms with Gasteiger partial charge in [0.05, 0.1) is 18.9 Å². The van der Waals surface area contributed by atoms with Gasteiger partial charge in [0.15, 0.2) is 0 Å². The first-order valence-electron chi connectivity index (χ1n) is 7.68. The summed E-state index contributed by atoms with van der Waals surface area (Å²) in [6.07, 6.45) is 3.84. The van der Waals surface area contributed by atoms with Crippen LogP contribution in [0.15, 0.2) is 22.8 Å². The van der Waals surface area contributed by atoms with Crippen LogP contribution in [-0.2, 0) is 19.1 Å². The number of carbonyl (C=O) groups excluding carboxylic acids is 2. The molecule has 0 spiro atoms. The van der Waals surface area contributed by atoms with Crippen molar-refractivity contribution in [2.75, 3.05) is 6.61 Å². The van der Waals surface area contributed by atoms with Gasteiger partial charge in [-0.25, -0.2) is 0 Å². The van der Waals surface area contributed by atoms with E-state index in [0.717, 1.165) is 18.4 Å². The molecule has 0 amide bonds. The minimum Gasteiger partial charge on any atom is -0.466 e. The summed E-state index contributed by atoms with van der Waals surface area (Å²) in [7, 11) is 0. The minimum atomic E-state index is -0.238. The van der Waals surface area contributed by atoms with Gasteiger partial charge < -0.3 is 9.47 Å². The van der Waals surface area contributed by atoms with Gasteiger partial charge in [-0.05, 0) is 44.8 Å². The van der Waals surface area contributed by atoms with Crippen LogP contribution in [0.2, 0.25) is 0 Å². The molecule has 0 aromatic carbocycles. The van der Waals surface area contributed by atoms with Crippen LogP contribution < -0.4 is 0 Å². The highest BCUT2D eigenvalue weighted by atomic mass is 16.6. The van der Waals surface area contributed by atoms with Crippen LogP contribution in [0.3, 0.4) is 0 Å². The molecule has 2 rings (SSSR count). The van der Waals surface area contributed by atoms with Gasteiger partial charge in [0, 0.05) is 5.92 Å². The highest BCUT2D eigenvalue weighted by molar-refractivity contribution is 5.76. The number of hydrogen-bond acceptors (Lipinski definition) is 4. The summed E-state index contributed by atoms with van der Waals surface area (Å²) >= 11 is 0. The Morgan fingerprint density at radius 1 is 1.43 bits per heavy atom. The number of carbonyl (C=O) groups is 2. The third-order valence-electron chi connectivity index (χ3n) is 4.43. The molecule has 4 nitrogen and oxygen atoms in total. The van der Waals surface area contributed by atoms with Crippen LogP contribution >= 0.6 is 0 Å². The summed E-state index contributed by atoms with van der Waals surface area (Å²) in [5.74, 6) is -0.187.